The summed E-state index contributed by atoms with van der Waals surface area (Å²) in [6, 6.07) is 8.16. The maximum atomic E-state index is 10.2. The first-order valence-electron chi connectivity index (χ1n) is 5.07. The van der Waals surface area contributed by atoms with Crippen LogP contribution in [0.3, 0.4) is 0 Å². The molecule has 1 atom stereocenters. The average molecular weight is 190 g/mol. The van der Waals surface area contributed by atoms with Crippen LogP contribution in [0, 0.1) is 0 Å². The van der Waals surface area contributed by atoms with Crippen LogP contribution < -0.4 is 4.74 Å². The van der Waals surface area contributed by atoms with E-state index in [0.717, 1.165) is 31.5 Å². The number of para-hydroxylation sites is 1. The van der Waals surface area contributed by atoms with Crippen LogP contribution in [0.25, 0.3) is 0 Å². The zero-order valence-corrected chi connectivity index (χ0v) is 8.11. The van der Waals surface area contributed by atoms with Gasteiger partial charge in [-0.1, -0.05) is 18.2 Å². The first kappa shape index (κ1) is 9.25. The molecule has 0 aliphatic carbocycles. The molecule has 0 N–H and O–H groups in total. The summed E-state index contributed by atoms with van der Waals surface area (Å²) in [4.78, 5) is 10.2. The third-order valence-corrected chi connectivity index (χ3v) is 2.67. The lowest BCUT2D eigenvalue weighted by Gasteiger charge is -2.06. The molecule has 0 fully saturated rings. The summed E-state index contributed by atoms with van der Waals surface area (Å²) >= 11 is 0. The molecule has 2 nitrogen and oxygen atoms in total. The third kappa shape index (κ3) is 1.79. The molecule has 74 valence electrons. The number of hydrogen-bond donors (Lipinski definition) is 0. The Balaban J connectivity index is 1.99. The summed E-state index contributed by atoms with van der Waals surface area (Å²) in [7, 11) is 0. The number of carbonyl (C=O) groups excluding carboxylic acids is 1. The van der Waals surface area contributed by atoms with Crippen molar-refractivity contribution in [1.82, 2.24) is 0 Å². The first-order chi connectivity index (χ1) is 6.92. The van der Waals surface area contributed by atoms with Gasteiger partial charge in [0.15, 0.2) is 0 Å². The summed E-state index contributed by atoms with van der Waals surface area (Å²) in [5.74, 6) is 1.51. The molecule has 0 saturated carbocycles. The van der Waals surface area contributed by atoms with Crippen LogP contribution in [-0.4, -0.2) is 12.9 Å². The number of rotatable bonds is 4. The van der Waals surface area contributed by atoms with Crippen LogP contribution in [-0.2, 0) is 4.79 Å². The highest BCUT2D eigenvalue weighted by molar-refractivity contribution is 5.49. The lowest BCUT2D eigenvalue weighted by molar-refractivity contribution is -0.107. The fourth-order valence-electron chi connectivity index (χ4n) is 1.92. The van der Waals surface area contributed by atoms with E-state index in [0.29, 0.717) is 12.3 Å². The zero-order chi connectivity index (χ0) is 9.80. The number of carbonyl (C=O) groups is 1. The van der Waals surface area contributed by atoms with Crippen molar-refractivity contribution in [2.24, 2.45) is 0 Å². The minimum Gasteiger partial charge on any atom is -0.493 e. The molecule has 0 spiro atoms. The van der Waals surface area contributed by atoms with Gasteiger partial charge in [-0.25, -0.2) is 0 Å². The molecule has 1 aromatic rings. The molecule has 0 aromatic heterocycles. The van der Waals surface area contributed by atoms with Crippen LogP contribution >= 0.6 is 0 Å². The fraction of sp³-hybridized carbons (Fsp3) is 0.417. The van der Waals surface area contributed by atoms with Crippen molar-refractivity contribution in [3.05, 3.63) is 29.8 Å². The smallest absolute Gasteiger partial charge is 0.122 e. The van der Waals surface area contributed by atoms with E-state index < -0.39 is 0 Å². The van der Waals surface area contributed by atoms with Gasteiger partial charge in [0.2, 0.25) is 0 Å². The van der Waals surface area contributed by atoms with Gasteiger partial charge in [0, 0.05) is 17.9 Å². The van der Waals surface area contributed by atoms with Gasteiger partial charge < -0.3 is 9.53 Å². The molecule has 1 aliphatic rings. The highest BCUT2D eigenvalue weighted by Gasteiger charge is 2.22. The second-order valence-electron chi connectivity index (χ2n) is 3.64. The average Bonchev–Trinajstić information content (AvgIpc) is 2.63. The van der Waals surface area contributed by atoms with Gasteiger partial charge in [0.1, 0.15) is 12.0 Å². The Hall–Kier alpha value is -1.31. The molecular formula is C12H14O2. The number of aldehydes is 1. The number of fused-ring (bicyclic) bond motifs is 1. The monoisotopic (exact) mass is 190 g/mol. The van der Waals surface area contributed by atoms with Gasteiger partial charge in [-0.3, -0.25) is 0 Å². The Bertz CT molecular complexity index is 320. The topological polar surface area (TPSA) is 26.3 Å². The Labute approximate surface area is 83.9 Å². The van der Waals surface area contributed by atoms with Crippen molar-refractivity contribution in [3.8, 4) is 5.75 Å². The molecule has 1 heterocycles. The Morgan fingerprint density at radius 1 is 1.43 bits per heavy atom. The largest absolute Gasteiger partial charge is 0.493 e. The molecule has 0 amide bonds. The van der Waals surface area contributed by atoms with Crippen LogP contribution in [0.4, 0.5) is 0 Å². The van der Waals surface area contributed by atoms with Crippen LogP contribution in [0.1, 0.15) is 30.7 Å². The van der Waals surface area contributed by atoms with E-state index >= 15 is 0 Å². The SMILES string of the molecule is O=CCCCC1COc2ccccc21. The van der Waals surface area contributed by atoms with Crippen molar-refractivity contribution in [1.29, 1.82) is 0 Å². The lowest BCUT2D eigenvalue weighted by atomic mass is 9.96. The van der Waals surface area contributed by atoms with Gasteiger partial charge in [-0.15, -0.1) is 0 Å². The van der Waals surface area contributed by atoms with Crippen LogP contribution in [0.15, 0.2) is 24.3 Å². The van der Waals surface area contributed by atoms with Crippen molar-refractivity contribution >= 4 is 6.29 Å². The van der Waals surface area contributed by atoms with Gasteiger partial charge in [0.25, 0.3) is 0 Å². The van der Waals surface area contributed by atoms with E-state index in [9.17, 15) is 4.79 Å². The van der Waals surface area contributed by atoms with Gasteiger partial charge in [-0.2, -0.15) is 0 Å². The van der Waals surface area contributed by atoms with E-state index in [1.807, 2.05) is 18.2 Å². The minimum atomic E-state index is 0.492. The number of ether oxygens (including phenoxy) is 1. The normalized spacial score (nSPS) is 18.7. The third-order valence-electron chi connectivity index (χ3n) is 2.67. The van der Waals surface area contributed by atoms with Crippen molar-refractivity contribution in [3.63, 3.8) is 0 Å². The van der Waals surface area contributed by atoms with Crippen molar-refractivity contribution in [2.45, 2.75) is 25.2 Å². The molecule has 1 unspecified atom stereocenters. The predicted octanol–water partition coefficient (Wildman–Crippen LogP) is 2.53. The minimum absolute atomic E-state index is 0.492. The van der Waals surface area contributed by atoms with Gasteiger partial charge in [0.05, 0.1) is 6.61 Å². The summed E-state index contributed by atoms with van der Waals surface area (Å²) in [6.07, 6.45) is 3.67. The maximum absolute atomic E-state index is 10.2. The standard InChI is InChI=1S/C12H14O2/c13-8-4-3-5-10-9-14-12-7-2-1-6-11(10)12/h1-2,6-8,10H,3-5,9H2. The molecule has 1 aliphatic heterocycles. The highest BCUT2D eigenvalue weighted by atomic mass is 16.5. The summed E-state index contributed by atoms with van der Waals surface area (Å²) in [5.41, 5.74) is 1.30. The Morgan fingerprint density at radius 2 is 2.29 bits per heavy atom. The highest BCUT2D eigenvalue weighted by Crippen LogP contribution is 2.36. The fourth-order valence-corrected chi connectivity index (χ4v) is 1.92. The molecular weight excluding hydrogens is 176 g/mol. The summed E-state index contributed by atoms with van der Waals surface area (Å²) in [6.45, 7) is 0.776. The van der Waals surface area contributed by atoms with Gasteiger partial charge >= 0.3 is 0 Å². The van der Waals surface area contributed by atoms with E-state index in [-0.39, 0.29) is 0 Å². The van der Waals surface area contributed by atoms with E-state index in [1.54, 1.807) is 0 Å². The molecule has 1 aromatic carbocycles. The van der Waals surface area contributed by atoms with Crippen LogP contribution in [0.2, 0.25) is 0 Å². The van der Waals surface area contributed by atoms with E-state index in [1.165, 1.54) is 5.56 Å². The molecule has 0 radical (unpaired) electrons. The quantitative estimate of drug-likeness (QED) is 0.538. The molecule has 0 bridgehead atoms. The summed E-state index contributed by atoms with van der Waals surface area (Å²) < 4.78 is 5.55. The maximum Gasteiger partial charge on any atom is 0.122 e. The Morgan fingerprint density at radius 3 is 3.14 bits per heavy atom. The Kier molecular flexibility index (Phi) is 2.82. The lowest BCUT2D eigenvalue weighted by Crippen LogP contribution is -2.00. The van der Waals surface area contributed by atoms with E-state index in [2.05, 4.69) is 6.07 Å². The van der Waals surface area contributed by atoms with Crippen molar-refractivity contribution in [2.75, 3.05) is 6.61 Å². The van der Waals surface area contributed by atoms with Gasteiger partial charge in [-0.05, 0) is 18.9 Å². The van der Waals surface area contributed by atoms with Crippen molar-refractivity contribution < 1.29 is 9.53 Å². The predicted molar refractivity (Wildman–Crippen MR) is 54.6 cm³/mol. The first-order valence-corrected chi connectivity index (χ1v) is 5.07. The van der Waals surface area contributed by atoms with Crippen LogP contribution in [0.5, 0.6) is 5.75 Å². The van der Waals surface area contributed by atoms with E-state index in [4.69, 9.17) is 4.74 Å². The molecule has 0 saturated heterocycles. The molecule has 2 heteroatoms. The summed E-state index contributed by atoms with van der Waals surface area (Å²) in [5, 5.41) is 0. The molecule has 14 heavy (non-hydrogen) atoms. The molecule has 2 rings (SSSR count). The zero-order valence-electron chi connectivity index (χ0n) is 8.11. The second kappa shape index (κ2) is 4.27. The number of benzene rings is 1. The number of unbranched alkanes of at least 4 members (excludes halogenated alkanes) is 1. The number of hydrogen-bond acceptors (Lipinski definition) is 2. The second-order valence-corrected chi connectivity index (χ2v) is 3.64.